The zero-order valence-electron chi connectivity index (χ0n) is 16.6. The molecule has 1 aliphatic carbocycles. The van der Waals surface area contributed by atoms with Gasteiger partial charge in [0.25, 0.3) is 0 Å². The van der Waals surface area contributed by atoms with Crippen LogP contribution in [0.25, 0.3) is 0 Å². The van der Waals surface area contributed by atoms with Crippen LogP contribution >= 0.6 is 0 Å². The van der Waals surface area contributed by atoms with Crippen molar-refractivity contribution in [2.24, 2.45) is 5.92 Å². The van der Waals surface area contributed by atoms with Gasteiger partial charge in [0.05, 0.1) is 14.2 Å². The highest BCUT2D eigenvalue weighted by molar-refractivity contribution is 5.52. The number of fused-ring (bicyclic) bond motifs is 2. The molecule has 0 N–H and O–H groups in total. The molecule has 1 unspecified atom stereocenters. The third-order valence-corrected chi connectivity index (χ3v) is 6.32. The smallest absolute Gasteiger partial charge is 0.123 e. The maximum absolute atomic E-state index is 5.69. The Balaban J connectivity index is 1.69. The summed E-state index contributed by atoms with van der Waals surface area (Å²) in [4.78, 5) is 2.63. The highest BCUT2D eigenvalue weighted by atomic mass is 16.5. The van der Waals surface area contributed by atoms with Gasteiger partial charge in [0.1, 0.15) is 11.5 Å². The Hall–Kier alpha value is -1.74. The summed E-state index contributed by atoms with van der Waals surface area (Å²) in [5.74, 6) is 2.94. The van der Waals surface area contributed by atoms with E-state index < -0.39 is 0 Å². The Kier molecular flexibility index (Phi) is 4.83. The zero-order chi connectivity index (χ0) is 18.3. The van der Waals surface area contributed by atoms with E-state index in [1.807, 2.05) is 6.07 Å². The second-order valence-electron chi connectivity index (χ2n) is 8.24. The number of benzene rings is 1. The standard InChI is InChI=1S/C23H31NO2/c1-15(11-17-5-6-17)12-18-16(2)9-10-24-14-20-19(13-21(18)24)22(25-3)7-8-23(20)26-4/h7-8,12,17,21H,5-6,9-11,13-14H2,1-4H3/b15-12+. The molecule has 3 heteroatoms. The van der Waals surface area contributed by atoms with Crippen molar-refractivity contribution >= 4 is 0 Å². The SMILES string of the molecule is COc1ccc(OC)c2c1CC1C(/C=C(\C)CC3CC3)=C(C)CCN1C2. The van der Waals surface area contributed by atoms with Crippen LogP contribution in [0.2, 0.25) is 0 Å². The molecule has 0 saturated heterocycles. The molecule has 3 nitrogen and oxygen atoms in total. The van der Waals surface area contributed by atoms with E-state index in [4.69, 9.17) is 9.47 Å². The van der Waals surface area contributed by atoms with E-state index in [9.17, 15) is 0 Å². The lowest BCUT2D eigenvalue weighted by atomic mass is 9.82. The lowest BCUT2D eigenvalue weighted by Crippen LogP contribution is -2.45. The van der Waals surface area contributed by atoms with Crippen LogP contribution in [0.5, 0.6) is 11.5 Å². The Bertz CT molecular complexity index is 758. The Morgan fingerprint density at radius 1 is 1.15 bits per heavy atom. The Morgan fingerprint density at radius 2 is 1.85 bits per heavy atom. The average molecular weight is 354 g/mol. The van der Waals surface area contributed by atoms with Gasteiger partial charge in [-0.2, -0.15) is 0 Å². The number of ether oxygens (including phenoxy) is 2. The Morgan fingerprint density at radius 3 is 2.50 bits per heavy atom. The van der Waals surface area contributed by atoms with Gasteiger partial charge in [-0.1, -0.05) is 17.2 Å². The van der Waals surface area contributed by atoms with Gasteiger partial charge in [-0.3, -0.25) is 4.90 Å². The first-order valence-electron chi connectivity index (χ1n) is 9.94. The van der Waals surface area contributed by atoms with Crippen molar-refractivity contribution in [3.63, 3.8) is 0 Å². The number of hydrogen-bond acceptors (Lipinski definition) is 3. The van der Waals surface area contributed by atoms with E-state index in [1.165, 1.54) is 36.8 Å². The molecule has 1 saturated carbocycles. The minimum Gasteiger partial charge on any atom is -0.496 e. The van der Waals surface area contributed by atoms with Crippen LogP contribution in [0.3, 0.4) is 0 Å². The summed E-state index contributed by atoms with van der Waals surface area (Å²) in [5.41, 5.74) is 7.29. The summed E-state index contributed by atoms with van der Waals surface area (Å²) in [5, 5.41) is 0. The van der Waals surface area contributed by atoms with Gasteiger partial charge in [-0.25, -0.2) is 0 Å². The van der Waals surface area contributed by atoms with Gasteiger partial charge in [0.15, 0.2) is 0 Å². The van der Waals surface area contributed by atoms with Crippen molar-refractivity contribution in [3.8, 4) is 11.5 Å². The third kappa shape index (κ3) is 3.29. The molecule has 3 aliphatic rings. The summed E-state index contributed by atoms with van der Waals surface area (Å²) < 4.78 is 11.3. The molecule has 0 spiro atoms. The van der Waals surface area contributed by atoms with E-state index in [-0.39, 0.29) is 0 Å². The van der Waals surface area contributed by atoms with Gasteiger partial charge < -0.3 is 9.47 Å². The largest absolute Gasteiger partial charge is 0.496 e. The summed E-state index contributed by atoms with van der Waals surface area (Å²) in [6, 6.07) is 4.57. The topological polar surface area (TPSA) is 21.7 Å². The lowest BCUT2D eigenvalue weighted by Gasteiger charge is -2.42. The molecular weight excluding hydrogens is 322 g/mol. The first kappa shape index (κ1) is 17.7. The van der Waals surface area contributed by atoms with Crippen LogP contribution in [0.1, 0.15) is 50.7 Å². The van der Waals surface area contributed by atoms with Gasteiger partial charge in [-0.05, 0) is 69.6 Å². The van der Waals surface area contributed by atoms with Crippen LogP contribution in [-0.4, -0.2) is 31.7 Å². The van der Waals surface area contributed by atoms with Crippen molar-refractivity contribution in [1.29, 1.82) is 0 Å². The second-order valence-corrected chi connectivity index (χ2v) is 8.24. The molecule has 0 aromatic heterocycles. The highest BCUT2D eigenvalue weighted by Crippen LogP contribution is 2.41. The summed E-state index contributed by atoms with van der Waals surface area (Å²) in [7, 11) is 3.54. The third-order valence-electron chi connectivity index (χ3n) is 6.32. The van der Waals surface area contributed by atoms with Crippen molar-refractivity contribution < 1.29 is 9.47 Å². The molecule has 2 heterocycles. The van der Waals surface area contributed by atoms with Crippen LogP contribution in [-0.2, 0) is 13.0 Å². The van der Waals surface area contributed by atoms with Crippen molar-refractivity contribution in [1.82, 2.24) is 4.90 Å². The average Bonchev–Trinajstić information content (AvgIpc) is 3.45. The van der Waals surface area contributed by atoms with Crippen LogP contribution in [0.4, 0.5) is 0 Å². The molecule has 0 bridgehead atoms. The fraction of sp³-hybridized carbons (Fsp3) is 0.565. The maximum Gasteiger partial charge on any atom is 0.123 e. The van der Waals surface area contributed by atoms with E-state index in [1.54, 1.807) is 30.9 Å². The number of hydrogen-bond donors (Lipinski definition) is 0. The quantitative estimate of drug-likeness (QED) is 0.752. The predicted molar refractivity (Wildman–Crippen MR) is 106 cm³/mol. The van der Waals surface area contributed by atoms with E-state index in [2.05, 4.69) is 30.9 Å². The fourth-order valence-corrected chi connectivity index (χ4v) is 4.67. The zero-order valence-corrected chi connectivity index (χ0v) is 16.6. The van der Waals surface area contributed by atoms with Gasteiger partial charge >= 0.3 is 0 Å². The van der Waals surface area contributed by atoms with E-state index in [0.29, 0.717) is 6.04 Å². The molecule has 2 aliphatic heterocycles. The lowest BCUT2D eigenvalue weighted by molar-refractivity contribution is 0.182. The van der Waals surface area contributed by atoms with Crippen molar-refractivity contribution in [2.75, 3.05) is 20.8 Å². The molecule has 0 radical (unpaired) electrons. The minimum atomic E-state index is 0.464. The number of rotatable bonds is 5. The van der Waals surface area contributed by atoms with Crippen LogP contribution in [0.15, 0.2) is 34.9 Å². The molecule has 26 heavy (non-hydrogen) atoms. The fourth-order valence-electron chi connectivity index (χ4n) is 4.67. The van der Waals surface area contributed by atoms with Crippen molar-refractivity contribution in [2.45, 2.75) is 58.5 Å². The van der Waals surface area contributed by atoms with Crippen LogP contribution < -0.4 is 9.47 Å². The Labute approximate surface area is 157 Å². The second kappa shape index (κ2) is 7.11. The van der Waals surface area contributed by atoms with Gasteiger partial charge in [0, 0.05) is 30.3 Å². The molecule has 4 rings (SSSR count). The molecule has 1 aromatic carbocycles. The summed E-state index contributed by atoms with van der Waals surface area (Å²) >= 11 is 0. The van der Waals surface area contributed by atoms with Crippen molar-refractivity contribution in [3.05, 3.63) is 46.1 Å². The molecule has 1 aromatic rings. The first-order chi connectivity index (χ1) is 12.6. The minimum absolute atomic E-state index is 0.464. The van der Waals surface area contributed by atoms with Crippen LogP contribution in [0, 0.1) is 5.92 Å². The summed E-state index contributed by atoms with van der Waals surface area (Å²) in [6.45, 7) is 6.73. The molecule has 1 fully saturated rings. The van der Waals surface area contributed by atoms with Gasteiger partial charge in [-0.15, -0.1) is 0 Å². The first-order valence-corrected chi connectivity index (χ1v) is 9.94. The number of methoxy groups -OCH3 is 2. The molecule has 1 atom stereocenters. The summed E-state index contributed by atoms with van der Waals surface area (Å²) in [6.07, 6.45) is 8.79. The number of allylic oxidation sites excluding steroid dienone is 1. The predicted octanol–water partition coefficient (Wildman–Crippen LogP) is 4.90. The monoisotopic (exact) mass is 353 g/mol. The van der Waals surface area contributed by atoms with Gasteiger partial charge in [0.2, 0.25) is 0 Å². The molecular formula is C23H31NO2. The highest BCUT2D eigenvalue weighted by Gasteiger charge is 2.35. The molecule has 140 valence electrons. The normalized spacial score (nSPS) is 23.5. The van der Waals surface area contributed by atoms with E-state index >= 15 is 0 Å². The molecule has 0 amide bonds. The number of nitrogens with zero attached hydrogens (tertiary/aromatic N) is 1. The van der Waals surface area contributed by atoms with E-state index in [0.717, 1.165) is 36.9 Å². The maximum atomic E-state index is 5.69.